The second-order valence-corrected chi connectivity index (χ2v) is 17.0. The molecule has 0 amide bonds. The average Bonchev–Trinajstić information content (AvgIpc) is 3.18. The molecule has 2 atom stereocenters. The summed E-state index contributed by atoms with van der Waals surface area (Å²) in [7, 11) is 0. The Bertz CT molecular complexity index is 1150. The van der Waals surface area contributed by atoms with Gasteiger partial charge in [-0.15, -0.1) is 0 Å². The Morgan fingerprint density at radius 3 is 1.06 bits per heavy atom. The molecule has 12 heteroatoms. The van der Waals surface area contributed by atoms with E-state index >= 15 is 0 Å². The van der Waals surface area contributed by atoms with Gasteiger partial charge < -0.3 is 33.9 Å². The van der Waals surface area contributed by atoms with Crippen LogP contribution in [0.3, 0.4) is 0 Å². The lowest BCUT2D eigenvalue weighted by atomic mass is 9.65. The average molecular weight is 960 g/mol. The van der Waals surface area contributed by atoms with Gasteiger partial charge in [0, 0.05) is 5.57 Å². The maximum absolute atomic E-state index is 13.2. The smallest absolute Gasteiger partial charge is 0.333 e. The van der Waals surface area contributed by atoms with Crippen LogP contribution < -0.4 is 0 Å². The second kappa shape index (κ2) is 51.4. The molecule has 0 radical (unpaired) electrons. The molecule has 66 heavy (non-hydrogen) atoms. The fraction of sp³-hybridized carbons (Fsp3) is 0.870. The summed E-state index contributed by atoms with van der Waals surface area (Å²) in [5, 5.41) is 18.0. The Hall–Kier alpha value is -2.99. The zero-order chi connectivity index (χ0) is 45.3. The molecule has 0 spiro atoms. The number of aliphatic hydroxyl groups excluding tert-OH is 2. The van der Waals surface area contributed by atoms with Gasteiger partial charge in [-0.1, -0.05) is 158 Å². The molecule has 0 saturated heterocycles. The Morgan fingerprint density at radius 2 is 0.727 bits per heavy atom. The predicted octanol–water partition coefficient (Wildman–Crippen LogP) is 14.7. The number of hydrogen-bond acceptors (Lipinski definition) is 12. The summed E-state index contributed by atoms with van der Waals surface area (Å²) in [4.78, 5) is 60.9. The first-order chi connectivity index (χ1) is 27.1. The minimum absolute atomic E-state index is 0. The van der Waals surface area contributed by atoms with Crippen LogP contribution >= 0.6 is 0 Å². The molecule has 0 heterocycles. The zero-order valence-electron chi connectivity index (χ0n) is 38.9. The fourth-order valence-corrected chi connectivity index (χ4v) is 5.82. The van der Waals surface area contributed by atoms with Gasteiger partial charge >= 0.3 is 29.8 Å². The number of carbonyl (C=O) groups is 5. The van der Waals surface area contributed by atoms with E-state index in [1.807, 2.05) is 27.7 Å². The Balaban J connectivity index is -0.0000000834. The van der Waals surface area contributed by atoms with E-state index in [1.165, 1.54) is 25.7 Å². The van der Waals surface area contributed by atoms with Crippen LogP contribution in [-0.4, -0.2) is 86.3 Å². The summed E-state index contributed by atoms with van der Waals surface area (Å²) in [5.41, 5.74) is -3.05. The van der Waals surface area contributed by atoms with Gasteiger partial charge in [-0.05, 0) is 93.4 Å². The monoisotopic (exact) mass is 959 g/mol. The number of unbranched alkanes of at least 4 members (excludes halogenated alkanes) is 9. The third-order valence-electron chi connectivity index (χ3n) is 10.1. The molecule has 0 aliphatic heterocycles. The van der Waals surface area contributed by atoms with Crippen molar-refractivity contribution in [3.05, 3.63) is 12.2 Å². The third kappa shape index (κ3) is 42.4. The van der Waals surface area contributed by atoms with Crippen LogP contribution in [0.25, 0.3) is 0 Å². The summed E-state index contributed by atoms with van der Waals surface area (Å²) >= 11 is 0. The highest BCUT2D eigenvalue weighted by molar-refractivity contribution is 5.87. The van der Waals surface area contributed by atoms with Crippen LogP contribution in [0.5, 0.6) is 0 Å². The van der Waals surface area contributed by atoms with Gasteiger partial charge in [0.2, 0.25) is 0 Å². The van der Waals surface area contributed by atoms with E-state index in [2.05, 4.69) is 27.4 Å². The van der Waals surface area contributed by atoms with Crippen molar-refractivity contribution in [2.75, 3.05) is 46.2 Å². The van der Waals surface area contributed by atoms with Gasteiger partial charge in [0.25, 0.3) is 0 Å². The number of ether oxygens (including phenoxy) is 5. The second-order valence-electron chi connectivity index (χ2n) is 17.0. The van der Waals surface area contributed by atoms with Crippen LogP contribution in [0.1, 0.15) is 245 Å². The van der Waals surface area contributed by atoms with Crippen LogP contribution in [0.4, 0.5) is 0 Å². The highest BCUT2D eigenvalue weighted by atomic mass is 16.6. The number of aliphatic hydroxyl groups is 2. The molecule has 0 aromatic rings. The SMILES string of the molecule is C.C.C.C.C.C.C.C.C=C(C)C(=O)OCCCCCC.CCCCCCOC(=O)C(C)(C)CC.CCCCCCOC(=O)C(C)(CC(C)(C)C(=O)OCCO)CC(C)(CC)C(=O)OCCO. The molecule has 0 rings (SSSR count). The number of carbonyl (C=O) groups excluding carboxylic acids is 5. The molecule has 0 aliphatic carbocycles. The lowest BCUT2D eigenvalue weighted by Gasteiger charge is -2.39. The van der Waals surface area contributed by atoms with Gasteiger partial charge in [-0.25, -0.2) is 4.79 Å². The summed E-state index contributed by atoms with van der Waals surface area (Å²) in [6.07, 6.45) is 14.4. The van der Waals surface area contributed by atoms with E-state index < -0.39 is 34.2 Å². The normalized spacial score (nSPS) is 11.6. The molecule has 12 nitrogen and oxygen atoms in total. The van der Waals surface area contributed by atoms with Crippen LogP contribution in [0.2, 0.25) is 0 Å². The maximum Gasteiger partial charge on any atom is 0.333 e. The van der Waals surface area contributed by atoms with Crippen LogP contribution in [0.15, 0.2) is 12.2 Å². The van der Waals surface area contributed by atoms with E-state index in [4.69, 9.17) is 33.9 Å². The lowest BCUT2D eigenvalue weighted by Crippen LogP contribution is -2.44. The standard InChI is InChI=1S/C24H44O8.C12H24O2.C10H18O2.8CH4/c1-7-9-10-11-14-30-21(29)24(6,17-22(3,4)19(27)31-15-12-25)18-23(5,8-2)20(28)32-16-13-26;1-5-7-8-9-10-14-11(13)12(3,4)6-2;1-4-5-6-7-8-12-10(11)9(2)3;;;;;;;;/h25-26H,7-18H2,1-6H3;5-10H2,1-4H3;2,4-8H2,1,3H3;8*1H4. The fourth-order valence-electron chi connectivity index (χ4n) is 5.82. The summed E-state index contributed by atoms with van der Waals surface area (Å²) in [6, 6.07) is 0. The third-order valence-corrected chi connectivity index (χ3v) is 10.1. The Kier molecular flexibility index (Phi) is 69.8. The highest BCUT2D eigenvalue weighted by Crippen LogP contribution is 2.46. The van der Waals surface area contributed by atoms with Gasteiger partial charge in [0.1, 0.15) is 13.2 Å². The summed E-state index contributed by atoms with van der Waals surface area (Å²) < 4.78 is 26.0. The molecule has 0 bridgehead atoms. The van der Waals surface area contributed by atoms with Crippen molar-refractivity contribution >= 4 is 29.8 Å². The predicted molar refractivity (Wildman–Crippen MR) is 284 cm³/mol. The minimum Gasteiger partial charge on any atom is -0.465 e. The highest BCUT2D eigenvalue weighted by Gasteiger charge is 2.50. The molecule has 0 saturated carbocycles. The van der Waals surface area contributed by atoms with Gasteiger partial charge in [0.05, 0.1) is 54.7 Å². The van der Waals surface area contributed by atoms with Gasteiger partial charge in [-0.3, -0.25) is 19.2 Å². The minimum atomic E-state index is -1.16. The van der Waals surface area contributed by atoms with Crippen molar-refractivity contribution < 1.29 is 57.9 Å². The van der Waals surface area contributed by atoms with Crippen molar-refractivity contribution in [1.29, 1.82) is 0 Å². The quantitative estimate of drug-likeness (QED) is 0.0302. The molecule has 0 aliphatic rings. The largest absolute Gasteiger partial charge is 0.465 e. The van der Waals surface area contributed by atoms with Crippen LogP contribution in [-0.2, 0) is 47.7 Å². The molecular weight excluding hydrogens is 841 g/mol. The molecule has 0 fully saturated rings. The summed E-state index contributed by atoms with van der Waals surface area (Å²) in [6.45, 7) is 26.6. The summed E-state index contributed by atoms with van der Waals surface area (Å²) in [5.74, 6) is -1.83. The van der Waals surface area contributed by atoms with Crippen LogP contribution in [0, 0.1) is 21.7 Å². The molecule has 0 aromatic carbocycles. The van der Waals surface area contributed by atoms with Crippen molar-refractivity contribution in [3.8, 4) is 0 Å². The molecule has 406 valence electrons. The van der Waals surface area contributed by atoms with Crippen molar-refractivity contribution in [1.82, 2.24) is 0 Å². The molecule has 2 unspecified atom stereocenters. The van der Waals surface area contributed by atoms with E-state index in [-0.39, 0.29) is 123 Å². The van der Waals surface area contributed by atoms with E-state index in [1.54, 1.807) is 34.6 Å². The van der Waals surface area contributed by atoms with E-state index in [9.17, 15) is 24.0 Å². The number of esters is 5. The first-order valence-corrected chi connectivity index (χ1v) is 21.9. The zero-order valence-corrected chi connectivity index (χ0v) is 38.9. The van der Waals surface area contributed by atoms with E-state index in [0.29, 0.717) is 25.2 Å². The molecule has 2 N–H and O–H groups in total. The Labute approximate surface area is 411 Å². The van der Waals surface area contributed by atoms with Crippen molar-refractivity contribution in [2.45, 2.75) is 245 Å². The molecule has 0 aromatic heterocycles. The number of hydrogen-bond donors (Lipinski definition) is 2. The first kappa shape index (κ1) is 89.6. The van der Waals surface area contributed by atoms with E-state index in [0.717, 1.165) is 57.8 Å². The van der Waals surface area contributed by atoms with Crippen molar-refractivity contribution in [3.63, 3.8) is 0 Å². The van der Waals surface area contributed by atoms with Gasteiger partial charge in [0.15, 0.2) is 0 Å². The first-order valence-electron chi connectivity index (χ1n) is 21.9. The van der Waals surface area contributed by atoms with Gasteiger partial charge in [-0.2, -0.15) is 0 Å². The number of rotatable bonds is 30. The lowest BCUT2D eigenvalue weighted by molar-refractivity contribution is -0.169. The topological polar surface area (TPSA) is 172 Å². The Morgan fingerprint density at radius 1 is 0.409 bits per heavy atom. The molecular formula is C54H118O12. The van der Waals surface area contributed by atoms with Crippen molar-refractivity contribution in [2.24, 2.45) is 21.7 Å². The maximum atomic E-state index is 13.2.